The van der Waals surface area contributed by atoms with E-state index in [1.807, 2.05) is 0 Å². The quantitative estimate of drug-likeness (QED) is 0.424. The molecule has 1 aromatic heterocycles. The van der Waals surface area contributed by atoms with Gasteiger partial charge in [-0.1, -0.05) is 6.42 Å². The summed E-state index contributed by atoms with van der Waals surface area (Å²) in [5.74, 6) is 2.92. The van der Waals surface area contributed by atoms with E-state index >= 15 is 0 Å². The average Bonchev–Trinajstić information content (AvgIpc) is 3.03. The van der Waals surface area contributed by atoms with E-state index in [1.54, 1.807) is 0 Å². The highest BCUT2D eigenvalue weighted by atomic mass is 127. The third-order valence-electron chi connectivity index (χ3n) is 4.35. The largest absolute Gasteiger partial charge is 0.391 e. The Hall–Kier alpha value is -0.900. The molecule has 0 unspecified atom stereocenters. The van der Waals surface area contributed by atoms with Crippen LogP contribution in [0.3, 0.4) is 0 Å². The van der Waals surface area contributed by atoms with Crippen molar-refractivity contribution in [3.05, 3.63) is 11.6 Å². The number of aliphatic imine (C=N–C) groups is 1. The highest BCUT2D eigenvalue weighted by Gasteiger charge is 2.23. The van der Waals surface area contributed by atoms with Crippen LogP contribution in [0.2, 0.25) is 0 Å². The van der Waals surface area contributed by atoms with Crippen molar-refractivity contribution in [2.45, 2.75) is 58.2 Å². The van der Waals surface area contributed by atoms with Gasteiger partial charge in [-0.3, -0.25) is 0 Å². The Bertz CT molecular complexity index is 532. The number of nitrogens with zero attached hydrogens (tertiary/aromatic N) is 5. The summed E-state index contributed by atoms with van der Waals surface area (Å²) >= 11 is 0. The Balaban J connectivity index is 0.00000192. The lowest BCUT2D eigenvalue weighted by Gasteiger charge is -2.20. The number of β-amino-alcohol motifs (C(OH)–C–C–N with tert-alkyl or cyclic N) is 1. The molecule has 1 saturated heterocycles. The van der Waals surface area contributed by atoms with Crippen LogP contribution in [0, 0.1) is 0 Å². The summed E-state index contributed by atoms with van der Waals surface area (Å²) in [6.45, 7) is 5.94. The highest BCUT2D eigenvalue weighted by molar-refractivity contribution is 14.0. The van der Waals surface area contributed by atoms with E-state index in [1.165, 1.54) is 19.3 Å². The van der Waals surface area contributed by atoms with Crippen LogP contribution < -0.4 is 5.32 Å². The second-order valence-corrected chi connectivity index (χ2v) is 6.05. The van der Waals surface area contributed by atoms with E-state index < -0.39 is 0 Å². The molecule has 0 aromatic carbocycles. The van der Waals surface area contributed by atoms with Crippen LogP contribution in [0.15, 0.2) is 4.99 Å². The Morgan fingerprint density at radius 2 is 2.17 bits per heavy atom. The number of rotatable bonds is 3. The molecule has 2 aliphatic heterocycles. The number of guanidine groups is 1. The summed E-state index contributed by atoms with van der Waals surface area (Å²) in [5, 5.41) is 21.7. The van der Waals surface area contributed by atoms with Gasteiger partial charge in [-0.05, 0) is 26.2 Å². The van der Waals surface area contributed by atoms with Crippen LogP contribution in [-0.2, 0) is 19.5 Å². The Morgan fingerprint density at radius 3 is 2.91 bits per heavy atom. The van der Waals surface area contributed by atoms with Crippen LogP contribution >= 0.6 is 24.0 Å². The molecular formula is C15H27IN6O. The summed E-state index contributed by atoms with van der Waals surface area (Å²) in [5.41, 5.74) is 0. The maximum atomic E-state index is 9.71. The normalized spacial score (nSPS) is 21.6. The molecule has 2 N–H and O–H groups in total. The fraction of sp³-hybridized carbons (Fsp3) is 0.800. The molecule has 1 atom stereocenters. The molecule has 7 nitrogen and oxygen atoms in total. The van der Waals surface area contributed by atoms with E-state index in [2.05, 4.69) is 31.9 Å². The van der Waals surface area contributed by atoms with Crippen LogP contribution in [0.5, 0.6) is 0 Å². The number of aromatic nitrogens is 3. The molecule has 0 bridgehead atoms. The standard InChI is InChI=1S/C15H26N6O.HI/c1-2-16-15(20-9-7-12(22)11-20)17-10-14-19-18-13-6-4-3-5-8-21(13)14;/h12,22H,2-11H2,1H3,(H,16,17);1H/t12-;/m1./s1. The Kier molecular flexibility index (Phi) is 7.07. The van der Waals surface area contributed by atoms with Gasteiger partial charge in [-0.25, -0.2) is 4.99 Å². The van der Waals surface area contributed by atoms with Crippen LogP contribution in [0.4, 0.5) is 0 Å². The summed E-state index contributed by atoms with van der Waals surface area (Å²) in [6, 6.07) is 0. The van der Waals surface area contributed by atoms with Crippen LogP contribution in [0.25, 0.3) is 0 Å². The highest BCUT2D eigenvalue weighted by Crippen LogP contribution is 2.15. The van der Waals surface area contributed by atoms with Gasteiger partial charge in [-0.15, -0.1) is 34.2 Å². The Morgan fingerprint density at radius 1 is 1.30 bits per heavy atom. The summed E-state index contributed by atoms with van der Waals surface area (Å²) in [6.07, 6.45) is 5.25. The Labute approximate surface area is 154 Å². The first-order valence-corrected chi connectivity index (χ1v) is 8.40. The van der Waals surface area contributed by atoms with E-state index in [0.29, 0.717) is 13.1 Å². The van der Waals surface area contributed by atoms with Gasteiger partial charge < -0.3 is 19.9 Å². The molecule has 3 rings (SSSR count). The van der Waals surface area contributed by atoms with Gasteiger partial charge in [0.2, 0.25) is 0 Å². The lowest BCUT2D eigenvalue weighted by atomic mass is 10.2. The second-order valence-electron chi connectivity index (χ2n) is 6.05. The van der Waals surface area contributed by atoms with E-state index in [4.69, 9.17) is 4.99 Å². The number of aliphatic hydroxyl groups excluding tert-OH is 1. The van der Waals surface area contributed by atoms with Gasteiger partial charge in [0.25, 0.3) is 0 Å². The molecule has 130 valence electrons. The van der Waals surface area contributed by atoms with Crippen molar-refractivity contribution in [1.82, 2.24) is 25.0 Å². The average molecular weight is 434 g/mol. The molecule has 3 heterocycles. The number of halogens is 1. The van der Waals surface area contributed by atoms with Crippen LogP contribution in [-0.4, -0.2) is 56.5 Å². The van der Waals surface area contributed by atoms with Gasteiger partial charge in [0.05, 0.1) is 6.10 Å². The van der Waals surface area contributed by atoms with Crippen molar-refractivity contribution in [2.24, 2.45) is 4.99 Å². The zero-order valence-electron chi connectivity index (χ0n) is 13.7. The smallest absolute Gasteiger partial charge is 0.194 e. The first kappa shape index (κ1) is 18.4. The SMILES string of the molecule is CCNC(=NCc1nnc2n1CCCCC2)N1CC[C@@H](O)C1.I. The first-order chi connectivity index (χ1) is 10.8. The van der Waals surface area contributed by atoms with Crippen molar-refractivity contribution < 1.29 is 5.11 Å². The first-order valence-electron chi connectivity index (χ1n) is 8.40. The van der Waals surface area contributed by atoms with Gasteiger partial charge in [-0.2, -0.15) is 0 Å². The van der Waals surface area contributed by atoms with Crippen molar-refractivity contribution in [1.29, 1.82) is 0 Å². The number of nitrogens with one attached hydrogen (secondary N) is 1. The molecule has 0 spiro atoms. The van der Waals surface area contributed by atoms with Crippen molar-refractivity contribution >= 4 is 29.9 Å². The van der Waals surface area contributed by atoms with E-state index in [-0.39, 0.29) is 30.1 Å². The zero-order chi connectivity index (χ0) is 15.4. The molecule has 1 fully saturated rings. The monoisotopic (exact) mass is 434 g/mol. The van der Waals surface area contributed by atoms with Gasteiger partial charge >= 0.3 is 0 Å². The van der Waals surface area contributed by atoms with Crippen molar-refractivity contribution in [3.8, 4) is 0 Å². The van der Waals surface area contributed by atoms with Gasteiger partial charge in [0.15, 0.2) is 11.8 Å². The number of aliphatic hydroxyl groups is 1. The maximum absolute atomic E-state index is 9.71. The topological polar surface area (TPSA) is 78.6 Å². The third-order valence-corrected chi connectivity index (χ3v) is 4.35. The van der Waals surface area contributed by atoms with Crippen LogP contribution in [0.1, 0.15) is 44.3 Å². The molecular weight excluding hydrogens is 407 g/mol. The van der Waals surface area contributed by atoms with Gasteiger partial charge in [0, 0.05) is 32.6 Å². The summed E-state index contributed by atoms with van der Waals surface area (Å²) in [7, 11) is 0. The van der Waals surface area contributed by atoms with Crippen molar-refractivity contribution in [2.75, 3.05) is 19.6 Å². The summed E-state index contributed by atoms with van der Waals surface area (Å²) in [4.78, 5) is 6.83. The predicted octanol–water partition coefficient (Wildman–Crippen LogP) is 1.15. The van der Waals surface area contributed by atoms with Gasteiger partial charge in [0.1, 0.15) is 12.4 Å². The fourth-order valence-electron chi connectivity index (χ4n) is 3.17. The zero-order valence-corrected chi connectivity index (χ0v) is 16.1. The fourth-order valence-corrected chi connectivity index (χ4v) is 3.17. The number of fused-ring (bicyclic) bond motifs is 1. The molecule has 23 heavy (non-hydrogen) atoms. The lowest BCUT2D eigenvalue weighted by molar-refractivity contribution is 0.188. The van der Waals surface area contributed by atoms with E-state index in [0.717, 1.165) is 50.1 Å². The molecule has 0 aliphatic carbocycles. The molecule has 1 aromatic rings. The minimum atomic E-state index is -0.242. The number of aryl methyl sites for hydroxylation is 1. The molecule has 0 radical (unpaired) electrons. The number of likely N-dealkylation sites (tertiary alicyclic amines) is 1. The summed E-state index contributed by atoms with van der Waals surface area (Å²) < 4.78 is 2.24. The molecule has 8 heteroatoms. The van der Waals surface area contributed by atoms with Crippen molar-refractivity contribution in [3.63, 3.8) is 0 Å². The molecule has 0 saturated carbocycles. The second kappa shape index (κ2) is 8.81. The minimum Gasteiger partial charge on any atom is -0.391 e. The molecule has 2 aliphatic rings. The van der Waals surface area contributed by atoms with E-state index in [9.17, 15) is 5.11 Å². The minimum absolute atomic E-state index is 0. The maximum Gasteiger partial charge on any atom is 0.194 e. The number of hydrogen-bond acceptors (Lipinski definition) is 4. The third kappa shape index (κ3) is 4.56. The lowest BCUT2D eigenvalue weighted by Crippen LogP contribution is -2.40. The predicted molar refractivity (Wildman–Crippen MR) is 100 cm³/mol. The molecule has 0 amide bonds. The number of hydrogen-bond donors (Lipinski definition) is 2.